The van der Waals surface area contributed by atoms with Crippen molar-refractivity contribution in [2.75, 3.05) is 38.3 Å². The first-order valence-electron chi connectivity index (χ1n) is 13.8. The molecular formula is C28H38F3N3O3. The van der Waals surface area contributed by atoms with Crippen LogP contribution in [0.3, 0.4) is 0 Å². The molecule has 204 valence electrons. The highest BCUT2D eigenvalue weighted by atomic mass is 19.4. The predicted octanol–water partition coefficient (Wildman–Crippen LogP) is 4.15. The number of fused-ring (bicyclic) bond motifs is 3. The van der Waals surface area contributed by atoms with E-state index in [1.807, 2.05) is 6.92 Å². The Morgan fingerprint density at radius 3 is 2.76 bits per heavy atom. The summed E-state index contributed by atoms with van der Waals surface area (Å²) in [6, 6.07) is 4.70. The minimum Gasteiger partial charge on any atom is -0.379 e. The van der Waals surface area contributed by atoms with E-state index in [-0.39, 0.29) is 29.6 Å². The molecule has 6 nitrogen and oxygen atoms in total. The van der Waals surface area contributed by atoms with E-state index in [1.165, 1.54) is 6.07 Å². The molecule has 1 amide bonds. The van der Waals surface area contributed by atoms with Crippen molar-refractivity contribution < 1.29 is 27.4 Å². The van der Waals surface area contributed by atoms with Crippen molar-refractivity contribution in [1.29, 1.82) is 0 Å². The van der Waals surface area contributed by atoms with Gasteiger partial charge in [-0.1, -0.05) is 12.5 Å². The molecule has 3 saturated heterocycles. The van der Waals surface area contributed by atoms with Gasteiger partial charge in [0.1, 0.15) is 0 Å². The quantitative estimate of drug-likeness (QED) is 0.631. The molecule has 0 aromatic heterocycles. The van der Waals surface area contributed by atoms with Gasteiger partial charge in [0.05, 0.1) is 29.7 Å². The third kappa shape index (κ3) is 4.35. The summed E-state index contributed by atoms with van der Waals surface area (Å²) in [5.41, 5.74) is 0.592. The van der Waals surface area contributed by atoms with E-state index >= 15 is 0 Å². The molecule has 2 bridgehead atoms. The first-order chi connectivity index (χ1) is 17.7. The zero-order chi connectivity index (χ0) is 25.9. The Hall–Kier alpha value is -1.84. The topological polar surface area (TPSA) is 54.0 Å². The molecule has 0 unspecified atom stereocenters. The zero-order valence-electron chi connectivity index (χ0n) is 21.7. The molecular weight excluding hydrogens is 483 g/mol. The number of aryl methyl sites for hydroxylation is 1. The number of alkyl halides is 3. The second-order valence-electron chi connectivity index (χ2n) is 11.9. The second kappa shape index (κ2) is 9.42. The summed E-state index contributed by atoms with van der Waals surface area (Å²) >= 11 is 0. The first-order valence-corrected chi connectivity index (χ1v) is 13.8. The van der Waals surface area contributed by atoms with Crippen molar-refractivity contribution in [3.05, 3.63) is 29.3 Å². The van der Waals surface area contributed by atoms with Crippen molar-refractivity contribution in [2.24, 2.45) is 11.3 Å². The molecule has 1 N–H and O–H groups in total. The monoisotopic (exact) mass is 521 g/mol. The molecule has 3 aliphatic heterocycles. The summed E-state index contributed by atoms with van der Waals surface area (Å²) in [6.45, 7) is 4.42. The van der Waals surface area contributed by atoms with Crippen LogP contribution in [0.5, 0.6) is 0 Å². The smallest absolute Gasteiger partial charge is 0.379 e. The number of benzene rings is 1. The third-order valence-electron chi connectivity index (χ3n) is 9.97. The molecule has 2 saturated carbocycles. The van der Waals surface area contributed by atoms with E-state index in [9.17, 15) is 18.0 Å². The molecule has 7 atom stereocenters. The van der Waals surface area contributed by atoms with E-state index in [1.54, 1.807) is 13.2 Å². The minimum atomic E-state index is -4.36. The number of likely N-dealkylation sites (tertiary alicyclic amines) is 1. The van der Waals surface area contributed by atoms with Gasteiger partial charge in [-0.2, -0.15) is 13.2 Å². The number of hydrogen-bond acceptors (Lipinski definition) is 5. The highest BCUT2D eigenvalue weighted by Gasteiger charge is 2.59. The Kier molecular flexibility index (Phi) is 6.47. The fraction of sp³-hybridized carbons (Fsp3) is 0.750. The maximum absolute atomic E-state index is 14.2. The number of hydrogen-bond donors (Lipinski definition) is 1. The van der Waals surface area contributed by atoms with E-state index in [0.29, 0.717) is 43.3 Å². The summed E-state index contributed by atoms with van der Waals surface area (Å²) in [4.78, 5) is 18.4. The molecule has 9 heteroatoms. The van der Waals surface area contributed by atoms with E-state index in [0.717, 1.165) is 63.2 Å². The molecule has 3 heterocycles. The van der Waals surface area contributed by atoms with Gasteiger partial charge in [0.2, 0.25) is 5.91 Å². The summed E-state index contributed by atoms with van der Waals surface area (Å²) < 4.78 is 51.3. The largest absolute Gasteiger partial charge is 0.416 e. The van der Waals surface area contributed by atoms with Crippen molar-refractivity contribution in [2.45, 2.75) is 88.3 Å². The van der Waals surface area contributed by atoms with Crippen LogP contribution in [0.25, 0.3) is 0 Å². The van der Waals surface area contributed by atoms with Gasteiger partial charge in [-0.3, -0.25) is 4.79 Å². The lowest BCUT2D eigenvalue weighted by Gasteiger charge is -2.41. The van der Waals surface area contributed by atoms with Crippen LogP contribution >= 0.6 is 0 Å². The van der Waals surface area contributed by atoms with Crippen LogP contribution in [0, 0.1) is 18.3 Å². The fourth-order valence-electron chi connectivity index (χ4n) is 8.15. The van der Waals surface area contributed by atoms with Gasteiger partial charge in [0, 0.05) is 50.6 Å². The van der Waals surface area contributed by atoms with Crippen molar-refractivity contribution in [1.82, 2.24) is 10.2 Å². The Balaban J connectivity index is 1.15. The number of carbonyl (C=O) groups is 1. The van der Waals surface area contributed by atoms with Gasteiger partial charge in [-0.25, -0.2) is 0 Å². The number of halogens is 3. The highest BCUT2D eigenvalue weighted by Crippen LogP contribution is 2.56. The SMILES string of the molecule is CO[C@@H]1COCC[C@@H]1N[C@@H]1C[C@H]2CCC[C@@]2(C(=O)N2C[C@H]3C[C@H]2CN3c2cc(C(F)(F)F)ccc2C)C1. The fourth-order valence-corrected chi connectivity index (χ4v) is 8.15. The lowest BCUT2D eigenvalue weighted by Crippen LogP contribution is -2.54. The Morgan fingerprint density at radius 1 is 1.19 bits per heavy atom. The van der Waals surface area contributed by atoms with Crippen LogP contribution in [0.1, 0.15) is 56.1 Å². The predicted molar refractivity (Wildman–Crippen MR) is 133 cm³/mol. The number of anilines is 1. The second-order valence-corrected chi connectivity index (χ2v) is 11.9. The highest BCUT2D eigenvalue weighted by molar-refractivity contribution is 5.85. The van der Waals surface area contributed by atoms with Gasteiger partial charge in [0.15, 0.2) is 0 Å². The van der Waals surface area contributed by atoms with Gasteiger partial charge < -0.3 is 24.6 Å². The standard InChI is InChI=1S/C28H38F3N3O3/c1-17-5-6-19(28(29,30)31)11-24(17)33-14-22-12-21(33)15-34(22)26(35)27-8-3-4-18(27)10-20(13-27)32-23-7-9-37-16-25(23)36-2/h5-6,11,18,20-23,25,32H,3-4,7-10,12-16H2,1-2H3/t18-,20-,21-,22+,23+,25-,27-/m1/s1. The Labute approximate surface area is 216 Å². The average Bonchev–Trinajstić information content (AvgIpc) is 3.63. The Bertz CT molecular complexity index is 1040. The number of methoxy groups -OCH3 is 1. The van der Waals surface area contributed by atoms with Gasteiger partial charge in [0.25, 0.3) is 0 Å². The maximum Gasteiger partial charge on any atom is 0.416 e. The molecule has 2 aliphatic carbocycles. The lowest BCUT2D eigenvalue weighted by molar-refractivity contribution is -0.144. The Morgan fingerprint density at radius 2 is 2.03 bits per heavy atom. The average molecular weight is 522 g/mol. The number of amides is 1. The molecule has 1 aromatic rings. The minimum absolute atomic E-state index is 0.0421. The molecule has 0 radical (unpaired) electrons. The van der Waals surface area contributed by atoms with Gasteiger partial charge >= 0.3 is 6.18 Å². The molecule has 5 aliphatic rings. The van der Waals surface area contributed by atoms with Crippen molar-refractivity contribution in [3.63, 3.8) is 0 Å². The van der Waals surface area contributed by atoms with Crippen LogP contribution in [0.2, 0.25) is 0 Å². The summed E-state index contributed by atoms with van der Waals surface area (Å²) in [5.74, 6) is 0.696. The number of carbonyl (C=O) groups excluding carboxylic acids is 1. The third-order valence-corrected chi connectivity index (χ3v) is 9.97. The number of nitrogens with zero attached hydrogens (tertiary/aromatic N) is 2. The molecule has 37 heavy (non-hydrogen) atoms. The number of nitrogens with one attached hydrogen (secondary N) is 1. The van der Waals surface area contributed by atoms with Crippen LogP contribution in [-0.4, -0.2) is 74.5 Å². The molecule has 1 aromatic carbocycles. The number of piperazine rings is 1. The van der Waals surface area contributed by atoms with E-state index in [2.05, 4.69) is 15.1 Å². The zero-order valence-corrected chi connectivity index (χ0v) is 21.7. The van der Waals surface area contributed by atoms with Crippen LogP contribution < -0.4 is 10.2 Å². The number of ether oxygens (including phenoxy) is 2. The van der Waals surface area contributed by atoms with Crippen molar-refractivity contribution in [3.8, 4) is 0 Å². The maximum atomic E-state index is 14.2. The normalized spacial score (nSPS) is 37.4. The van der Waals surface area contributed by atoms with Gasteiger partial charge in [-0.15, -0.1) is 0 Å². The van der Waals surface area contributed by atoms with E-state index in [4.69, 9.17) is 9.47 Å². The molecule has 5 fully saturated rings. The molecule has 0 spiro atoms. The van der Waals surface area contributed by atoms with Crippen molar-refractivity contribution >= 4 is 11.6 Å². The first kappa shape index (κ1) is 25.4. The van der Waals surface area contributed by atoms with Gasteiger partial charge in [-0.05, 0) is 69.1 Å². The lowest BCUT2D eigenvalue weighted by atomic mass is 9.78. The van der Waals surface area contributed by atoms with Crippen LogP contribution in [0.4, 0.5) is 18.9 Å². The van der Waals surface area contributed by atoms with Crippen LogP contribution in [-0.2, 0) is 20.4 Å². The van der Waals surface area contributed by atoms with E-state index < -0.39 is 11.7 Å². The molecule has 6 rings (SSSR count). The summed E-state index contributed by atoms with van der Waals surface area (Å²) in [5, 5.41) is 3.83. The number of rotatable bonds is 5. The summed E-state index contributed by atoms with van der Waals surface area (Å²) in [7, 11) is 1.73. The summed E-state index contributed by atoms with van der Waals surface area (Å²) in [6.07, 6.45) is 2.47. The van der Waals surface area contributed by atoms with Crippen LogP contribution in [0.15, 0.2) is 18.2 Å².